The monoisotopic (exact) mass is 394 g/mol. The highest BCUT2D eigenvalue weighted by Gasteiger charge is 2.20. The third-order valence-electron chi connectivity index (χ3n) is 5.36. The van der Waals surface area contributed by atoms with Gasteiger partial charge in [-0.05, 0) is 62.1 Å². The van der Waals surface area contributed by atoms with E-state index in [2.05, 4.69) is 39.4 Å². The summed E-state index contributed by atoms with van der Waals surface area (Å²) in [6.45, 7) is 6.38. The number of anilines is 1. The largest absolute Gasteiger partial charge is 0.469 e. The van der Waals surface area contributed by atoms with Gasteiger partial charge in [-0.15, -0.1) is 0 Å². The molecule has 0 saturated carbocycles. The van der Waals surface area contributed by atoms with E-state index >= 15 is 0 Å². The zero-order chi connectivity index (χ0) is 20.2. The second-order valence-electron chi connectivity index (χ2n) is 7.80. The number of amides is 1. The first-order chi connectivity index (χ1) is 14.1. The molecule has 1 amide bonds. The Morgan fingerprint density at radius 3 is 2.69 bits per heavy atom. The minimum Gasteiger partial charge on any atom is -0.469 e. The van der Waals surface area contributed by atoms with E-state index in [1.807, 2.05) is 31.2 Å². The summed E-state index contributed by atoms with van der Waals surface area (Å²) in [6.07, 6.45) is 4.66. The molecule has 1 aliphatic rings. The molecule has 1 aliphatic heterocycles. The molecule has 1 fully saturated rings. The van der Waals surface area contributed by atoms with E-state index < -0.39 is 0 Å². The van der Waals surface area contributed by atoms with E-state index in [9.17, 15) is 4.79 Å². The first-order valence-electron chi connectivity index (χ1n) is 10.1. The summed E-state index contributed by atoms with van der Waals surface area (Å²) in [5, 5.41) is 6.82. The van der Waals surface area contributed by atoms with Crippen molar-refractivity contribution in [2.24, 2.45) is 5.92 Å². The van der Waals surface area contributed by atoms with Gasteiger partial charge in [0.05, 0.1) is 6.26 Å². The molecule has 3 aromatic rings. The van der Waals surface area contributed by atoms with Crippen LogP contribution in [-0.2, 0) is 6.42 Å². The Morgan fingerprint density at radius 1 is 1.24 bits per heavy atom. The van der Waals surface area contributed by atoms with Gasteiger partial charge in [0.2, 0.25) is 5.82 Å². The Bertz CT molecular complexity index is 925. The third-order valence-corrected chi connectivity index (χ3v) is 5.36. The van der Waals surface area contributed by atoms with Crippen LogP contribution in [0.4, 0.5) is 5.69 Å². The fraction of sp³-hybridized carbons (Fsp3) is 0.409. The second-order valence-corrected chi connectivity index (χ2v) is 7.80. The van der Waals surface area contributed by atoms with Crippen LogP contribution in [0.15, 0.2) is 51.6 Å². The molecule has 1 aromatic carbocycles. The molecule has 29 heavy (non-hydrogen) atoms. The summed E-state index contributed by atoms with van der Waals surface area (Å²) in [5.74, 6) is 1.60. The smallest absolute Gasteiger partial charge is 0.316 e. The van der Waals surface area contributed by atoms with Gasteiger partial charge in [0.1, 0.15) is 5.76 Å². The van der Waals surface area contributed by atoms with Gasteiger partial charge in [-0.1, -0.05) is 12.1 Å². The van der Waals surface area contributed by atoms with E-state index in [1.54, 1.807) is 6.26 Å². The van der Waals surface area contributed by atoms with Gasteiger partial charge in [-0.3, -0.25) is 4.79 Å². The highest BCUT2D eigenvalue weighted by Crippen LogP contribution is 2.25. The zero-order valence-corrected chi connectivity index (χ0v) is 16.8. The molecule has 2 aromatic heterocycles. The van der Waals surface area contributed by atoms with Gasteiger partial charge in [-0.25, -0.2) is 0 Å². The van der Waals surface area contributed by atoms with Gasteiger partial charge in [0.25, 0.3) is 0 Å². The zero-order valence-electron chi connectivity index (χ0n) is 16.8. The van der Waals surface area contributed by atoms with Crippen molar-refractivity contribution in [1.29, 1.82) is 0 Å². The van der Waals surface area contributed by atoms with Crippen LogP contribution in [0, 0.1) is 5.92 Å². The summed E-state index contributed by atoms with van der Waals surface area (Å²) < 4.78 is 10.5. The molecule has 1 N–H and O–H groups in total. The summed E-state index contributed by atoms with van der Waals surface area (Å²) in [7, 11) is 0. The predicted molar refractivity (Wildman–Crippen MR) is 110 cm³/mol. The molecule has 7 nitrogen and oxygen atoms in total. The number of furan rings is 1. The minimum absolute atomic E-state index is 0.0413. The maximum atomic E-state index is 12.4. The number of aromatic nitrogens is 2. The maximum Gasteiger partial charge on any atom is 0.316 e. The van der Waals surface area contributed by atoms with E-state index in [0.29, 0.717) is 12.2 Å². The summed E-state index contributed by atoms with van der Waals surface area (Å²) in [5.41, 5.74) is 2.03. The number of hydrogen-bond acceptors (Lipinski definition) is 6. The van der Waals surface area contributed by atoms with Crippen molar-refractivity contribution in [3.63, 3.8) is 0 Å². The Labute approximate surface area is 170 Å². The highest BCUT2D eigenvalue weighted by atomic mass is 16.5. The summed E-state index contributed by atoms with van der Waals surface area (Å²) in [4.78, 5) is 19.0. The summed E-state index contributed by atoms with van der Waals surface area (Å²) >= 11 is 0. The van der Waals surface area contributed by atoms with Gasteiger partial charge in [0, 0.05) is 36.8 Å². The van der Waals surface area contributed by atoms with E-state index in [-0.39, 0.29) is 17.8 Å². The van der Waals surface area contributed by atoms with Crippen LogP contribution < -0.4 is 10.2 Å². The van der Waals surface area contributed by atoms with Gasteiger partial charge in [0.15, 0.2) is 0 Å². The molecule has 1 atom stereocenters. The normalized spacial score (nSPS) is 16.0. The number of benzene rings is 1. The Kier molecular flexibility index (Phi) is 5.64. The molecule has 0 aliphatic carbocycles. The van der Waals surface area contributed by atoms with Crippen molar-refractivity contribution in [3.05, 3.63) is 54.3 Å². The minimum atomic E-state index is -0.387. The number of nitrogens with zero attached hydrogens (tertiary/aromatic N) is 3. The average molecular weight is 394 g/mol. The number of carbonyl (C=O) groups is 1. The molecular formula is C22H26N4O3. The topological polar surface area (TPSA) is 84.4 Å². The van der Waals surface area contributed by atoms with Crippen molar-refractivity contribution >= 4 is 11.6 Å². The average Bonchev–Trinajstić information content (AvgIpc) is 3.41. The first kappa shape index (κ1) is 19.2. The first-order valence-corrected chi connectivity index (χ1v) is 10.1. The Morgan fingerprint density at radius 2 is 2.00 bits per heavy atom. The summed E-state index contributed by atoms with van der Waals surface area (Å²) in [6, 6.07) is 11.7. The predicted octanol–water partition coefficient (Wildman–Crippen LogP) is 3.93. The molecule has 0 spiro atoms. The molecule has 0 radical (unpaired) electrons. The number of carbonyl (C=O) groups excluding carboxylic acids is 1. The highest BCUT2D eigenvalue weighted by molar-refractivity contribution is 5.90. The molecule has 3 heterocycles. The standard InChI is InChI=1S/C22H26N4O3/c1-15-9-11-26(12-10-15)18-7-5-17(6-8-18)20-24-22(29-25-20)21(27)23-16(2)14-19-4-3-13-28-19/h3-8,13,15-16H,9-12,14H2,1-2H3,(H,23,27)/t16-/m0/s1. The van der Waals surface area contributed by atoms with Crippen LogP contribution >= 0.6 is 0 Å². The fourth-order valence-corrected chi connectivity index (χ4v) is 3.59. The lowest BCUT2D eigenvalue weighted by atomic mass is 9.98. The van der Waals surface area contributed by atoms with Crippen LogP contribution in [0.5, 0.6) is 0 Å². The van der Waals surface area contributed by atoms with Crippen LogP contribution in [0.1, 0.15) is 43.1 Å². The van der Waals surface area contributed by atoms with Crippen LogP contribution in [0.3, 0.4) is 0 Å². The van der Waals surface area contributed by atoms with Crippen molar-refractivity contribution in [1.82, 2.24) is 15.5 Å². The molecule has 7 heteroatoms. The van der Waals surface area contributed by atoms with Gasteiger partial charge in [-0.2, -0.15) is 4.98 Å². The number of rotatable bonds is 6. The number of nitrogens with one attached hydrogen (secondary N) is 1. The molecule has 0 bridgehead atoms. The molecule has 0 unspecified atom stereocenters. The third kappa shape index (κ3) is 4.67. The quantitative estimate of drug-likeness (QED) is 0.682. The Balaban J connectivity index is 1.37. The fourth-order valence-electron chi connectivity index (χ4n) is 3.59. The SMILES string of the molecule is CC1CCN(c2ccc(-c3noc(C(=O)N[C@@H](C)Cc4ccco4)n3)cc2)CC1. The molecule has 1 saturated heterocycles. The van der Waals surface area contributed by atoms with Gasteiger partial charge < -0.3 is 19.2 Å². The molecule has 152 valence electrons. The lowest BCUT2D eigenvalue weighted by Crippen LogP contribution is -2.34. The Hall–Kier alpha value is -3.09. The lowest BCUT2D eigenvalue weighted by Gasteiger charge is -2.32. The van der Waals surface area contributed by atoms with Crippen molar-refractivity contribution in [2.75, 3.05) is 18.0 Å². The van der Waals surface area contributed by atoms with Crippen LogP contribution in [0.2, 0.25) is 0 Å². The lowest BCUT2D eigenvalue weighted by molar-refractivity contribution is 0.0895. The molecular weight excluding hydrogens is 368 g/mol. The van der Waals surface area contributed by atoms with E-state index in [1.165, 1.54) is 18.5 Å². The second kappa shape index (κ2) is 8.51. The molecule has 4 rings (SSSR count). The van der Waals surface area contributed by atoms with E-state index in [0.717, 1.165) is 30.3 Å². The maximum absolute atomic E-state index is 12.4. The van der Waals surface area contributed by atoms with E-state index in [4.69, 9.17) is 8.94 Å². The van der Waals surface area contributed by atoms with Crippen molar-refractivity contribution in [2.45, 2.75) is 39.2 Å². The van der Waals surface area contributed by atoms with Gasteiger partial charge >= 0.3 is 11.8 Å². The van der Waals surface area contributed by atoms with Crippen molar-refractivity contribution in [3.8, 4) is 11.4 Å². The number of piperidine rings is 1. The number of hydrogen-bond donors (Lipinski definition) is 1. The van der Waals surface area contributed by atoms with Crippen LogP contribution in [-0.4, -0.2) is 35.2 Å². The van der Waals surface area contributed by atoms with Crippen molar-refractivity contribution < 1.29 is 13.7 Å². The van der Waals surface area contributed by atoms with Crippen LogP contribution in [0.25, 0.3) is 11.4 Å².